The number of benzene rings is 2. The van der Waals surface area contributed by atoms with E-state index >= 15 is 0 Å². The van der Waals surface area contributed by atoms with Crippen molar-refractivity contribution in [2.75, 3.05) is 24.2 Å². The van der Waals surface area contributed by atoms with Gasteiger partial charge in [-0.05, 0) is 41.8 Å². The van der Waals surface area contributed by atoms with E-state index in [9.17, 15) is 14.4 Å². The summed E-state index contributed by atoms with van der Waals surface area (Å²) in [5, 5.41) is 0.602. The van der Waals surface area contributed by atoms with E-state index < -0.39 is 17.9 Å². The number of rotatable bonds is 7. The van der Waals surface area contributed by atoms with E-state index in [4.69, 9.17) is 10.5 Å². The molecular formula is C28H27N5O4S. The molecule has 2 unspecified atom stereocenters. The number of aromatic nitrogens is 2. The van der Waals surface area contributed by atoms with Gasteiger partial charge in [-0.3, -0.25) is 19.1 Å². The van der Waals surface area contributed by atoms with Gasteiger partial charge in [-0.15, -0.1) is 0 Å². The van der Waals surface area contributed by atoms with Crippen LogP contribution in [0.4, 0.5) is 10.5 Å². The third kappa shape index (κ3) is 4.82. The molecule has 1 saturated heterocycles. The van der Waals surface area contributed by atoms with Crippen LogP contribution in [0.3, 0.4) is 0 Å². The monoisotopic (exact) mass is 529 g/mol. The standard InChI is InChI=1S/C28H27N5O4S/c1-31(2)28(36)32-15-22(21-11-10-20(13-24(21)32)37-16-18-7-4-3-5-8-18)26(34)23-17-38-33(25(23)27(29)35)19-9-6-12-30-14-19/h3-15,23,25H,16-17H2,1-2H3,(H2,29,35). The molecule has 38 heavy (non-hydrogen) atoms. The fraction of sp³-hybridized carbons (Fsp3) is 0.214. The molecule has 2 N–H and O–H groups in total. The van der Waals surface area contributed by atoms with Crippen molar-refractivity contribution in [3.8, 4) is 5.75 Å². The van der Waals surface area contributed by atoms with Gasteiger partial charge in [0.1, 0.15) is 18.4 Å². The molecule has 2 aromatic carbocycles. The molecule has 1 aliphatic heterocycles. The lowest BCUT2D eigenvalue weighted by Crippen LogP contribution is -2.45. The van der Waals surface area contributed by atoms with Crippen molar-refractivity contribution >= 4 is 46.3 Å². The van der Waals surface area contributed by atoms with E-state index in [1.165, 1.54) is 21.4 Å². The van der Waals surface area contributed by atoms with Crippen LogP contribution in [0.5, 0.6) is 5.75 Å². The van der Waals surface area contributed by atoms with Crippen LogP contribution in [-0.4, -0.2) is 58.1 Å². The first kappa shape index (κ1) is 25.3. The Morgan fingerprint density at radius 1 is 1.11 bits per heavy atom. The summed E-state index contributed by atoms with van der Waals surface area (Å²) in [7, 11) is 3.29. The highest BCUT2D eigenvalue weighted by Gasteiger charge is 2.44. The summed E-state index contributed by atoms with van der Waals surface area (Å²) in [6, 6.07) is 17.5. The van der Waals surface area contributed by atoms with Gasteiger partial charge in [-0.25, -0.2) is 4.79 Å². The molecule has 2 atom stereocenters. The Kier molecular flexibility index (Phi) is 7.06. The van der Waals surface area contributed by atoms with Gasteiger partial charge in [0.25, 0.3) is 0 Å². The molecule has 1 fully saturated rings. The maximum atomic E-state index is 13.9. The van der Waals surface area contributed by atoms with E-state index in [0.29, 0.717) is 40.3 Å². The van der Waals surface area contributed by atoms with Crippen molar-refractivity contribution in [2.24, 2.45) is 11.7 Å². The summed E-state index contributed by atoms with van der Waals surface area (Å²) in [4.78, 5) is 45.1. The Morgan fingerprint density at radius 2 is 1.89 bits per heavy atom. The predicted octanol–water partition coefficient (Wildman–Crippen LogP) is 3.97. The minimum absolute atomic E-state index is 0.249. The molecule has 0 radical (unpaired) electrons. The summed E-state index contributed by atoms with van der Waals surface area (Å²) in [5.41, 5.74) is 8.40. The molecule has 0 spiro atoms. The van der Waals surface area contributed by atoms with Gasteiger partial charge in [0.2, 0.25) is 5.91 Å². The quantitative estimate of drug-likeness (QED) is 0.285. The van der Waals surface area contributed by atoms with Crippen molar-refractivity contribution in [3.05, 3.63) is 90.4 Å². The van der Waals surface area contributed by atoms with Crippen LogP contribution in [0.25, 0.3) is 10.9 Å². The van der Waals surface area contributed by atoms with Crippen LogP contribution in [-0.2, 0) is 11.4 Å². The van der Waals surface area contributed by atoms with E-state index in [0.717, 1.165) is 5.56 Å². The van der Waals surface area contributed by atoms with Crippen LogP contribution in [0, 0.1) is 5.92 Å². The van der Waals surface area contributed by atoms with Gasteiger partial charge in [0.05, 0.1) is 23.3 Å². The maximum absolute atomic E-state index is 13.9. The molecule has 2 amide bonds. The van der Waals surface area contributed by atoms with E-state index in [-0.39, 0.29) is 11.8 Å². The van der Waals surface area contributed by atoms with E-state index in [2.05, 4.69) is 4.98 Å². The average Bonchev–Trinajstić information content (AvgIpc) is 3.54. The molecule has 0 aliphatic carbocycles. The molecule has 0 saturated carbocycles. The number of carbonyl (C=O) groups excluding carboxylic acids is 3. The molecule has 194 valence electrons. The van der Waals surface area contributed by atoms with Crippen molar-refractivity contribution < 1.29 is 19.1 Å². The minimum atomic E-state index is -0.854. The number of fused-ring (bicyclic) bond motifs is 1. The van der Waals surface area contributed by atoms with Crippen LogP contribution < -0.4 is 14.8 Å². The zero-order valence-electron chi connectivity index (χ0n) is 21.0. The Morgan fingerprint density at radius 3 is 2.58 bits per heavy atom. The lowest BCUT2D eigenvalue weighted by Gasteiger charge is -2.24. The average molecular weight is 530 g/mol. The van der Waals surface area contributed by atoms with Gasteiger partial charge in [0, 0.05) is 49.3 Å². The fourth-order valence-electron chi connectivity index (χ4n) is 4.55. The number of ether oxygens (including phenoxy) is 1. The Labute approximate surface area is 224 Å². The second kappa shape index (κ2) is 10.6. The largest absolute Gasteiger partial charge is 0.489 e. The number of hydrogen-bond donors (Lipinski definition) is 1. The van der Waals surface area contributed by atoms with Crippen molar-refractivity contribution in [2.45, 2.75) is 12.6 Å². The fourth-order valence-corrected chi connectivity index (χ4v) is 5.88. The van der Waals surface area contributed by atoms with E-state index in [1.54, 1.807) is 61.3 Å². The van der Waals surface area contributed by atoms with Crippen LogP contribution in [0.2, 0.25) is 0 Å². The van der Waals surface area contributed by atoms with Gasteiger partial charge in [-0.1, -0.05) is 30.3 Å². The number of hydrogen-bond acceptors (Lipinski definition) is 7. The molecule has 10 heteroatoms. The first-order chi connectivity index (χ1) is 18.3. The van der Waals surface area contributed by atoms with Crippen molar-refractivity contribution in [1.82, 2.24) is 14.5 Å². The lowest BCUT2D eigenvalue weighted by molar-refractivity contribution is -0.119. The lowest BCUT2D eigenvalue weighted by atomic mass is 9.91. The molecular weight excluding hydrogens is 502 g/mol. The van der Waals surface area contributed by atoms with Crippen LogP contribution in [0.15, 0.2) is 79.3 Å². The van der Waals surface area contributed by atoms with Gasteiger partial charge in [-0.2, -0.15) is 0 Å². The second-order valence-corrected chi connectivity index (χ2v) is 10.2. The Hall–Kier alpha value is -4.31. The number of nitrogens with two attached hydrogens (primary N) is 1. The first-order valence-electron chi connectivity index (χ1n) is 12.0. The van der Waals surface area contributed by atoms with Crippen LogP contribution >= 0.6 is 11.9 Å². The number of amides is 2. The zero-order chi connectivity index (χ0) is 26.8. The number of primary amides is 1. The first-order valence-corrected chi connectivity index (χ1v) is 13.0. The summed E-state index contributed by atoms with van der Waals surface area (Å²) in [6.07, 6.45) is 4.82. The Balaban J connectivity index is 1.50. The number of carbonyl (C=O) groups is 3. The SMILES string of the molecule is CN(C)C(=O)n1cc(C(=O)C2CSN(c3cccnc3)C2C(N)=O)c2ccc(OCc3ccccc3)cc21. The van der Waals surface area contributed by atoms with Crippen LogP contribution in [0.1, 0.15) is 15.9 Å². The van der Waals surface area contributed by atoms with Gasteiger partial charge in [0.15, 0.2) is 5.78 Å². The molecule has 0 bridgehead atoms. The number of nitrogens with zero attached hydrogens (tertiary/aromatic N) is 4. The maximum Gasteiger partial charge on any atom is 0.328 e. The van der Waals surface area contributed by atoms with Gasteiger partial charge < -0.3 is 19.7 Å². The highest BCUT2D eigenvalue weighted by molar-refractivity contribution is 8.01. The highest BCUT2D eigenvalue weighted by Crippen LogP contribution is 2.39. The topological polar surface area (TPSA) is 111 Å². The normalized spacial score (nSPS) is 16.9. The molecule has 5 rings (SSSR count). The highest BCUT2D eigenvalue weighted by atomic mass is 32.2. The molecule has 2 aromatic heterocycles. The van der Waals surface area contributed by atoms with Crippen molar-refractivity contribution in [1.29, 1.82) is 0 Å². The third-order valence-corrected chi connectivity index (χ3v) is 7.66. The summed E-state index contributed by atoms with van der Waals surface area (Å²) in [5.74, 6) is -0.600. The number of ketones is 1. The van der Waals surface area contributed by atoms with Crippen molar-refractivity contribution in [3.63, 3.8) is 0 Å². The minimum Gasteiger partial charge on any atom is -0.489 e. The second-order valence-electron chi connectivity index (χ2n) is 9.19. The third-order valence-electron chi connectivity index (χ3n) is 6.44. The number of anilines is 1. The zero-order valence-corrected chi connectivity index (χ0v) is 21.8. The predicted molar refractivity (Wildman–Crippen MR) is 147 cm³/mol. The summed E-state index contributed by atoms with van der Waals surface area (Å²) < 4.78 is 9.17. The smallest absolute Gasteiger partial charge is 0.328 e. The summed E-state index contributed by atoms with van der Waals surface area (Å²) in [6.45, 7) is 0.365. The number of pyridine rings is 1. The molecule has 1 aliphatic rings. The van der Waals surface area contributed by atoms with E-state index in [1.807, 2.05) is 36.4 Å². The molecule has 3 heterocycles. The van der Waals surface area contributed by atoms with Gasteiger partial charge >= 0.3 is 6.03 Å². The summed E-state index contributed by atoms with van der Waals surface area (Å²) >= 11 is 1.36. The Bertz CT molecular complexity index is 1490. The number of Topliss-reactive ketones (excluding diaryl/α,β-unsaturated/α-hetero) is 1. The molecule has 9 nitrogen and oxygen atoms in total. The molecule has 4 aromatic rings.